The number of anilines is 1. The highest BCUT2D eigenvalue weighted by atomic mass is 32.2. The predicted molar refractivity (Wildman–Crippen MR) is 182 cm³/mol. The van der Waals surface area contributed by atoms with Gasteiger partial charge in [0.25, 0.3) is 10.0 Å². The molecule has 0 unspecified atom stereocenters. The number of ether oxygens (including phenoxy) is 1. The lowest BCUT2D eigenvalue weighted by molar-refractivity contribution is -0.140. The van der Waals surface area contributed by atoms with Crippen LogP contribution in [-0.2, 0) is 32.6 Å². The van der Waals surface area contributed by atoms with Crippen molar-refractivity contribution in [2.45, 2.75) is 51.6 Å². The van der Waals surface area contributed by atoms with Crippen LogP contribution >= 0.6 is 0 Å². The SMILES string of the molecule is CCOc1ccc(S(=O)(=O)N(CC(=O)N(Cc2cccc(C)c2)[C@H](Cc2ccccc2)C(=O)NCC(C)C)c2ccccc2)cc1. The van der Waals surface area contributed by atoms with Gasteiger partial charge in [-0.1, -0.05) is 92.2 Å². The van der Waals surface area contributed by atoms with Gasteiger partial charge in [-0.25, -0.2) is 8.42 Å². The molecule has 0 spiro atoms. The molecule has 9 heteroatoms. The van der Waals surface area contributed by atoms with Crippen LogP contribution in [0, 0.1) is 12.8 Å². The monoisotopic (exact) mass is 641 g/mol. The summed E-state index contributed by atoms with van der Waals surface area (Å²) in [5, 5.41) is 3.02. The molecule has 242 valence electrons. The molecule has 0 saturated heterocycles. The molecule has 4 aromatic rings. The topological polar surface area (TPSA) is 96.0 Å². The van der Waals surface area contributed by atoms with E-state index in [0.29, 0.717) is 24.6 Å². The molecule has 4 aromatic carbocycles. The summed E-state index contributed by atoms with van der Waals surface area (Å²) in [6.45, 7) is 8.34. The van der Waals surface area contributed by atoms with Gasteiger partial charge in [0.05, 0.1) is 17.2 Å². The lowest BCUT2D eigenvalue weighted by Crippen LogP contribution is -2.53. The van der Waals surface area contributed by atoms with Crippen LogP contribution < -0.4 is 14.4 Å². The molecule has 1 atom stereocenters. The van der Waals surface area contributed by atoms with Crippen molar-refractivity contribution in [3.05, 3.63) is 126 Å². The van der Waals surface area contributed by atoms with E-state index in [0.717, 1.165) is 21.0 Å². The zero-order valence-electron chi connectivity index (χ0n) is 26.9. The maximum Gasteiger partial charge on any atom is 0.264 e. The molecule has 0 bridgehead atoms. The van der Waals surface area contributed by atoms with Gasteiger partial charge in [0, 0.05) is 19.5 Å². The highest BCUT2D eigenvalue weighted by Crippen LogP contribution is 2.26. The zero-order chi connectivity index (χ0) is 33.1. The Kier molecular flexibility index (Phi) is 12.0. The van der Waals surface area contributed by atoms with Gasteiger partial charge in [0.15, 0.2) is 0 Å². The molecule has 0 heterocycles. The Balaban J connectivity index is 1.77. The van der Waals surface area contributed by atoms with Gasteiger partial charge >= 0.3 is 0 Å². The fourth-order valence-corrected chi connectivity index (χ4v) is 6.52. The van der Waals surface area contributed by atoms with Crippen molar-refractivity contribution in [3.8, 4) is 5.75 Å². The molecule has 8 nitrogen and oxygen atoms in total. The highest BCUT2D eigenvalue weighted by Gasteiger charge is 2.34. The van der Waals surface area contributed by atoms with Crippen LogP contribution in [-0.4, -0.2) is 50.9 Å². The molecular formula is C37H43N3O5S. The molecule has 0 aliphatic heterocycles. The van der Waals surface area contributed by atoms with Gasteiger partial charge < -0.3 is 15.0 Å². The van der Waals surface area contributed by atoms with Crippen LogP contribution in [0.4, 0.5) is 5.69 Å². The summed E-state index contributed by atoms with van der Waals surface area (Å²) < 4.78 is 35.0. The summed E-state index contributed by atoms with van der Waals surface area (Å²) in [5.41, 5.74) is 3.07. The molecule has 0 aliphatic carbocycles. The van der Waals surface area contributed by atoms with Crippen LogP contribution in [0.25, 0.3) is 0 Å². The van der Waals surface area contributed by atoms with E-state index in [-0.39, 0.29) is 29.7 Å². The van der Waals surface area contributed by atoms with Crippen molar-refractivity contribution in [1.29, 1.82) is 0 Å². The molecule has 2 amide bonds. The summed E-state index contributed by atoms with van der Waals surface area (Å²) >= 11 is 0. The maximum atomic E-state index is 14.5. The first-order valence-corrected chi connectivity index (χ1v) is 17.0. The number of hydrogen-bond acceptors (Lipinski definition) is 5. The Labute approximate surface area is 273 Å². The second-order valence-corrected chi connectivity index (χ2v) is 13.5. The average molecular weight is 642 g/mol. The van der Waals surface area contributed by atoms with Crippen molar-refractivity contribution >= 4 is 27.5 Å². The molecule has 0 aliphatic rings. The number of aryl methyl sites for hydroxylation is 1. The number of para-hydroxylation sites is 1. The van der Waals surface area contributed by atoms with Crippen molar-refractivity contribution in [2.75, 3.05) is 24.0 Å². The number of sulfonamides is 1. The Morgan fingerprint density at radius 3 is 2.07 bits per heavy atom. The van der Waals surface area contributed by atoms with Gasteiger partial charge in [0.1, 0.15) is 18.3 Å². The Morgan fingerprint density at radius 1 is 0.826 bits per heavy atom. The van der Waals surface area contributed by atoms with Crippen molar-refractivity contribution < 1.29 is 22.7 Å². The second-order valence-electron chi connectivity index (χ2n) is 11.6. The number of hydrogen-bond donors (Lipinski definition) is 1. The van der Waals surface area contributed by atoms with Crippen LogP contribution in [0.2, 0.25) is 0 Å². The number of nitrogens with one attached hydrogen (secondary N) is 1. The summed E-state index contributed by atoms with van der Waals surface area (Å²) in [6.07, 6.45) is 0.263. The maximum absolute atomic E-state index is 14.5. The van der Waals surface area contributed by atoms with Crippen molar-refractivity contribution in [3.63, 3.8) is 0 Å². The van der Waals surface area contributed by atoms with Gasteiger partial charge in [-0.2, -0.15) is 0 Å². The third-order valence-electron chi connectivity index (χ3n) is 7.44. The molecule has 0 aromatic heterocycles. The van der Waals surface area contributed by atoms with Crippen molar-refractivity contribution in [2.24, 2.45) is 5.92 Å². The highest BCUT2D eigenvalue weighted by molar-refractivity contribution is 7.92. The standard InChI is InChI=1S/C37H43N3O5S/c1-5-45-33-19-21-34(22-20-33)46(43,44)40(32-17-10-7-11-18-32)27-36(41)39(26-31-16-12-13-29(4)23-31)35(37(42)38-25-28(2)3)24-30-14-8-6-9-15-30/h6-23,28,35H,5,24-27H2,1-4H3,(H,38,42)/t35-/m1/s1. The average Bonchev–Trinajstić information content (AvgIpc) is 3.05. The first kappa shape index (κ1) is 34.2. The molecule has 46 heavy (non-hydrogen) atoms. The zero-order valence-corrected chi connectivity index (χ0v) is 27.7. The fourth-order valence-electron chi connectivity index (χ4n) is 5.11. The summed E-state index contributed by atoms with van der Waals surface area (Å²) in [4.78, 5) is 29.9. The normalized spacial score (nSPS) is 11.9. The van der Waals surface area contributed by atoms with Crippen molar-refractivity contribution in [1.82, 2.24) is 10.2 Å². The fraction of sp³-hybridized carbons (Fsp3) is 0.297. The molecule has 4 rings (SSSR count). The van der Waals surface area contributed by atoms with E-state index in [1.165, 1.54) is 17.0 Å². The number of rotatable bonds is 15. The van der Waals surface area contributed by atoms with E-state index in [2.05, 4.69) is 5.32 Å². The molecule has 0 fully saturated rings. The third-order valence-corrected chi connectivity index (χ3v) is 9.22. The van der Waals surface area contributed by atoms with E-state index >= 15 is 0 Å². The number of benzene rings is 4. The first-order valence-electron chi connectivity index (χ1n) is 15.6. The predicted octanol–water partition coefficient (Wildman–Crippen LogP) is 6.00. The molecular weight excluding hydrogens is 598 g/mol. The minimum absolute atomic E-state index is 0.0216. The van der Waals surface area contributed by atoms with Crippen LogP contribution in [0.1, 0.15) is 37.5 Å². The Bertz CT molecular complexity index is 1680. The number of carbonyl (C=O) groups is 2. The number of carbonyl (C=O) groups excluding carboxylic acids is 2. The van der Waals surface area contributed by atoms with E-state index in [9.17, 15) is 18.0 Å². The van der Waals surface area contributed by atoms with Gasteiger partial charge in [0.2, 0.25) is 11.8 Å². The third kappa shape index (κ3) is 9.20. The van der Waals surface area contributed by atoms with Gasteiger partial charge in [-0.05, 0) is 67.3 Å². The largest absolute Gasteiger partial charge is 0.494 e. The Morgan fingerprint density at radius 2 is 1.46 bits per heavy atom. The summed E-state index contributed by atoms with van der Waals surface area (Å²) in [5.74, 6) is -0.0425. The minimum atomic E-state index is -4.19. The number of nitrogens with zero attached hydrogens (tertiary/aromatic N) is 2. The van der Waals surface area contributed by atoms with Gasteiger partial charge in [-0.3, -0.25) is 13.9 Å². The first-order chi connectivity index (χ1) is 22.1. The van der Waals surface area contributed by atoms with E-state index in [1.807, 2.05) is 82.3 Å². The molecule has 1 N–H and O–H groups in total. The molecule has 0 saturated carbocycles. The van der Waals surface area contributed by atoms with Crippen LogP contribution in [0.5, 0.6) is 5.75 Å². The quantitative estimate of drug-likeness (QED) is 0.172. The van der Waals surface area contributed by atoms with E-state index in [4.69, 9.17) is 4.74 Å². The number of amides is 2. The second kappa shape index (κ2) is 16.1. The lowest BCUT2D eigenvalue weighted by Gasteiger charge is -2.34. The summed E-state index contributed by atoms with van der Waals surface area (Å²) in [7, 11) is -4.19. The van der Waals surface area contributed by atoms with E-state index < -0.39 is 28.5 Å². The Hall–Kier alpha value is -4.63. The minimum Gasteiger partial charge on any atom is -0.494 e. The van der Waals surface area contributed by atoms with Crippen LogP contribution in [0.3, 0.4) is 0 Å². The van der Waals surface area contributed by atoms with Crippen LogP contribution in [0.15, 0.2) is 114 Å². The molecule has 0 radical (unpaired) electrons. The van der Waals surface area contributed by atoms with Gasteiger partial charge in [-0.15, -0.1) is 0 Å². The summed E-state index contributed by atoms with van der Waals surface area (Å²) in [6, 6.07) is 31.1. The lowest BCUT2D eigenvalue weighted by atomic mass is 10.0. The van der Waals surface area contributed by atoms with E-state index in [1.54, 1.807) is 42.5 Å². The smallest absolute Gasteiger partial charge is 0.264 e.